The lowest BCUT2D eigenvalue weighted by atomic mass is 9.73. The number of alkyl halides is 3. The van der Waals surface area contributed by atoms with Gasteiger partial charge in [0.05, 0.1) is 11.1 Å². The van der Waals surface area contributed by atoms with Crippen molar-refractivity contribution >= 4 is 29.7 Å². The van der Waals surface area contributed by atoms with Gasteiger partial charge in [0.1, 0.15) is 0 Å². The summed E-state index contributed by atoms with van der Waals surface area (Å²) in [6.07, 6.45) is -1.58. The molecule has 1 amide bonds. The van der Waals surface area contributed by atoms with Crippen molar-refractivity contribution in [1.29, 1.82) is 0 Å². The Morgan fingerprint density at radius 1 is 1.30 bits per heavy atom. The number of hydrogen-bond donors (Lipinski definition) is 1. The molecular weight excluding hydrogens is 392 g/mol. The van der Waals surface area contributed by atoms with Crippen molar-refractivity contribution < 1.29 is 18.0 Å². The van der Waals surface area contributed by atoms with E-state index < -0.39 is 11.7 Å². The Labute approximate surface area is 175 Å². The topological polar surface area (TPSA) is 48.5 Å². The minimum absolute atomic E-state index is 0.0432. The van der Waals surface area contributed by atoms with E-state index in [1.54, 1.807) is 19.4 Å². The highest BCUT2D eigenvalue weighted by Crippen LogP contribution is 2.38. The van der Waals surface area contributed by atoms with E-state index in [9.17, 15) is 18.0 Å². The summed E-state index contributed by atoms with van der Waals surface area (Å²) in [5.41, 5.74) is -0.0564. The van der Waals surface area contributed by atoms with E-state index in [-0.39, 0.29) is 17.4 Å². The van der Waals surface area contributed by atoms with E-state index in [0.29, 0.717) is 36.4 Å². The van der Waals surface area contributed by atoms with E-state index in [0.717, 1.165) is 19.0 Å². The van der Waals surface area contributed by atoms with Gasteiger partial charge in [0, 0.05) is 36.4 Å². The second-order valence-electron chi connectivity index (χ2n) is 8.28. The molecule has 9 heteroatoms. The van der Waals surface area contributed by atoms with Gasteiger partial charge in [-0.25, -0.2) is 0 Å². The van der Waals surface area contributed by atoms with Crippen LogP contribution in [-0.4, -0.2) is 62.7 Å². The number of benzene rings is 1. The van der Waals surface area contributed by atoms with Crippen LogP contribution < -0.4 is 10.2 Å². The fourth-order valence-electron chi connectivity index (χ4n) is 4.03. The van der Waals surface area contributed by atoms with Crippen LogP contribution >= 0.6 is 0 Å². The molecule has 0 aliphatic carbocycles. The molecule has 1 aromatic carbocycles. The quantitative estimate of drug-likeness (QED) is 0.723. The number of aromatic nitrogens is 1. The number of nitrogens with zero attached hydrogens (tertiary/aromatic N) is 3. The summed E-state index contributed by atoms with van der Waals surface area (Å²) < 4.78 is 40.2. The summed E-state index contributed by atoms with van der Waals surface area (Å²) in [6.45, 7) is 4.15. The van der Waals surface area contributed by atoms with Crippen molar-refractivity contribution in [3.8, 4) is 0 Å². The molecule has 2 heterocycles. The minimum Gasteiger partial charge on any atom is -0.369 e. The monoisotopic (exact) mass is 419 g/mol. The normalized spacial score (nSPS) is 19.9. The van der Waals surface area contributed by atoms with Crippen molar-refractivity contribution in [3.63, 3.8) is 0 Å². The van der Waals surface area contributed by atoms with E-state index in [1.165, 1.54) is 12.3 Å². The Kier molecular flexibility index (Phi) is 6.90. The maximum absolute atomic E-state index is 13.4. The lowest BCUT2D eigenvalue weighted by Crippen LogP contribution is -2.51. The number of carbonyl (C=O) groups excluding carboxylic acids is 1. The van der Waals surface area contributed by atoms with Gasteiger partial charge in [0.2, 0.25) is 7.28 Å². The minimum atomic E-state index is -4.46. The summed E-state index contributed by atoms with van der Waals surface area (Å²) >= 11 is 0. The van der Waals surface area contributed by atoms with E-state index >= 15 is 0 Å². The molecule has 0 spiro atoms. The first-order valence-electron chi connectivity index (χ1n) is 10.1. The second-order valence-corrected chi connectivity index (χ2v) is 8.28. The predicted molar refractivity (Wildman–Crippen MR) is 114 cm³/mol. The SMILES string of the molecule is C[C@H]1C[C@@H](NC(=O)[B]CCN(C)C)CN(c2ccc(C(F)(F)F)c3ncccc23)C1. The molecule has 0 bridgehead atoms. The summed E-state index contributed by atoms with van der Waals surface area (Å²) in [4.78, 5) is 20.4. The lowest BCUT2D eigenvalue weighted by molar-refractivity contribution is -0.136. The molecule has 0 unspecified atom stereocenters. The summed E-state index contributed by atoms with van der Waals surface area (Å²) in [7, 11) is 5.56. The number of fused-ring (bicyclic) bond motifs is 1. The molecule has 1 aromatic heterocycles. The van der Waals surface area contributed by atoms with Gasteiger partial charge in [0.25, 0.3) is 0 Å². The number of rotatable bonds is 6. The third-order valence-electron chi connectivity index (χ3n) is 5.30. The summed E-state index contributed by atoms with van der Waals surface area (Å²) in [5.74, 6) is 0.190. The van der Waals surface area contributed by atoms with Crippen molar-refractivity contribution in [2.45, 2.75) is 31.9 Å². The van der Waals surface area contributed by atoms with Crippen LogP contribution in [0.4, 0.5) is 23.7 Å². The molecular formula is C21H27BF3N4O. The highest BCUT2D eigenvalue weighted by Gasteiger charge is 2.34. The van der Waals surface area contributed by atoms with Crippen LogP contribution in [0.1, 0.15) is 18.9 Å². The Balaban J connectivity index is 1.79. The van der Waals surface area contributed by atoms with Gasteiger partial charge in [0.15, 0.2) is 5.81 Å². The van der Waals surface area contributed by atoms with Crippen LogP contribution in [0, 0.1) is 5.92 Å². The molecule has 2 atom stereocenters. The van der Waals surface area contributed by atoms with Crippen molar-refractivity contribution in [3.05, 3.63) is 36.0 Å². The Bertz CT molecular complexity index is 890. The van der Waals surface area contributed by atoms with Gasteiger partial charge in [-0.15, -0.1) is 0 Å². The smallest absolute Gasteiger partial charge is 0.369 e. The third kappa shape index (κ3) is 5.44. The fourth-order valence-corrected chi connectivity index (χ4v) is 4.03. The third-order valence-corrected chi connectivity index (χ3v) is 5.30. The van der Waals surface area contributed by atoms with Crippen LogP contribution in [0.25, 0.3) is 10.9 Å². The van der Waals surface area contributed by atoms with Crippen LogP contribution in [0.2, 0.25) is 6.32 Å². The maximum atomic E-state index is 13.4. The number of nitrogens with one attached hydrogen (secondary N) is 1. The highest BCUT2D eigenvalue weighted by molar-refractivity contribution is 6.73. The first kappa shape index (κ1) is 22.4. The largest absolute Gasteiger partial charge is 0.418 e. The number of carbonyl (C=O) groups is 1. The molecule has 1 aliphatic rings. The van der Waals surface area contributed by atoms with Crippen LogP contribution in [0.3, 0.4) is 0 Å². The average Bonchev–Trinajstić information content (AvgIpc) is 2.65. The highest BCUT2D eigenvalue weighted by atomic mass is 19.4. The van der Waals surface area contributed by atoms with Crippen molar-refractivity contribution in [2.24, 2.45) is 5.92 Å². The molecule has 5 nitrogen and oxygen atoms in total. The second kappa shape index (κ2) is 9.24. The molecule has 1 N–H and O–H groups in total. The molecule has 2 aromatic rings. The fraction of sp³-hybridized carbons (Fsp3) is 0.524. The van der Waals surface area contributed by atoms with Crippen molar-refractivity contribution in [2.75, 3.05) is 38.6 Å². The van der Waals surface area contributed by atoms with Gasteiger partial charge >= 0.3 is 6.18 Å². The molecule has 1 fully saturated rings. The Morgan fingerprint density at radius 3 is 2.77 bits per heavy atom. The molecule has 1 saturated heterocycles. The van der Waals surface area contributed by atoms with E-state index in [4.69, 9.17) is 0 Å². The van der Waals surface area contributed by atoms with Gasteiger partial charge in [-0.3, -0.25) is 9.78 Å². The Hall–Kier alpha value is -2.29. The molecule has 0 saturated carbocycles. The molecule has 1 aliphatic heterocycles. The number of halogens is 3. The van der Waals surface area contributed by atoms with Crippen LogP contribution in [0.15, 0.2) is 30.5 Å². The predicted octanol–water partition coefficient (Wildman–Crippen LogP) is 3.86. The lowest BCUT2D eigenvalue weighted by Gasteiger charge is -2.39. The van der Waals surface area contributed by atoms with Gasteiger partial charge in [-0.05, 0) is 57.2 Å². The zero-order chi connectivity index (χ0) is 21.9. The molecule has 30 heavy (non-hydrogen) atoms. The molecule has 1 radical (unpaired) electrons. The standard InChI is InChI=1S/C21H27BF3N4O/c1-14-11-15(27-20(30)22-8-10-28(2)3)13-29(12-14)18-7-6-17(21(23,24)25)19-16(18)5-4-9-26-19/h4-7,9,14-15H,8,10-13H2,1-3H3,(H,27,30)/t14-,15+/m0/s1. The first-order chi connectivity index (χ1) is 14.1. The van der Waals surface area contributed by atoms with E-state index in [1.807, 2.05) is 19.0 Å². The van der Waals surface area contributed by atoms with Gasteiger partial charge in [-0.2, -0.15) is 13.2 Å². The zero-order valence-corrected chi connectivity index (χ0v) is 17.5. The number of anilines is 1. The number of pyridine rings is 1. The maximum Gasteiger partial charge on any atom is 0.418 e. The van der Waals surface area contributed by atoms with Crippen molar-refractivity contribution in [1.82, 2.24) is 15.2 Å². The average molecular weight is 419 g/mol. The summed E-state index contributed by atoms with van der Waals surface area (Å²) in [6, 6.07) is 5.89. The number of hydrogen-bond acceptors (Lipinski definition) is 4. The number of piperidine rings is 1. The first-order valence-corrected chi connectivity index (χ1v) is 10.1. The zero-order valence-electron chi connectivity index (χ0n) is 17.5. The van der Waals surface area contributed by atoms with Crippen LogP contribution in [0.5, 0.6) is 0 Å². The molecule has 3 rings (SSSR count). The van der Waals surface area contributed by atoms with Gasteiger partial charge < -0.3 is 15.1 Å². The van der Waals surface area contributed by atoms with Gasteiger partial charge in [-0.1, -0.05) is 13.2 Å². The number of amides is 1. The molecule has 161 valence electrons. The van der Waals surface area contributed by atoms with Crippen LogP contribution in [-0.2, 0) is 6.18 Å². The van der Waals surface area contributed by atoms with E-state index in [2.05, 4.69) is 22.1 Å². The Morgan fingerprint density at radius 2 is 2.07 bits per heavy atom. The summed E-state index contributed by atoms with van der Waals surface area (Å²) in [5, 5.41) is 3.53.